The van der Waals surface area contributed by atoms with Crippen molar-refractivity contribution in [3.05, 3.63) is 68.0 Å². The molecule has 0 aliphatic heterocycles. The molecule has 2 aromatic rings. The van der Waals surface area contributed by atoms with Crippen LogP contribution in [0.25, 0.3) is 0 Å². The zero-order valence-electron chi connectivity index (χ0n) is 11.2. The van der Waals surface area contributed by atoms with E-state index in [2.05, 4.69) is 34.8 Å². The molecule has 4 heteroatoms. The highest BCUT2D eigenvalue weighted by atomic mass is 127. The molecule has 2 rings (SSSR count). The Labute approximate surface area is 137 Å². The van der Waals surface area contributed by atoms with E-state index in [1.807, 2.05) is 30.3 Å². The van der Waals surface area contributed by atoms with Gasteiger partial charge in [0.15, 0.2) is 0 Å². The molecule has 0 aliphatic carbocycles. The van der Waals surface area contributed by atoms with Crippen LogP contribution in [0.15, 0.2) is 42.5 Å². The van der Waals surface area contributed by atoms with E-state index >= 15 is 0 Å². The molecule has 0 bridgehead atoms. The summed E-state index contributed by atoms with van der Waals surface area (Å²) in [5.74, 6) is -0.203. The predicted molar refractivity (Wildman–Crippen MR) is 90.7 cm³/mol. The summed E-state index contributed by atoms with van der Waals surface area (Å²) in [6.07, 6.45) is 0.787. The molecule has 0 fully saturated rings. The maximum atomic E-state index is 13.2. The van der Waals surface area contributed by atoms with Crippen molar-refractivity contribution >= 4 is 34.2 Å². The Morgan fingerprint density at radius 1 is 1.25 bits per heavy atom. The Morgan fingerprint density at radius 2 is 2.00 bits per heavy atom. The van der Waals surface area contributed by atoms with Crippen LogP contribution in [0.2, 0.25) is 5.02 Å². The quantitative estimate of drug-likeness (QED) is 0.695. The summed E-state index contributed by atoms with van der Waals surface area (Å²) < 4.78 is 14.2. The van der Waals surface area contributed by atoms with E-state index in [4.69, 9.17) is 11.6 Å². The van der Waals surface area contributed by atoms with E-state index in [9.17, 15) is 4.39 Å². The summed E-state index contributed by atoms with van der Waals surface area (Å²) in [6.45, 7) is 2.92. The van der Waals surface area contributed by atoms with E-state index < -0.39 is 0 Å². The summed E-state index contributed by atoms with van der Waals surface area (Å²) >= 11 is 8.41. The first-order valence-corrected chi connectivity index (χ1v) is 7.99. The molecule has 0 saturated carbocycles. The lowest BCUT2D eigenvalue weighted by molar-refractivity contribution is 0.545. The average molecular weight is 404 g/mol. The molecule has 1 N–H and O–H groups in total. The molecule has 1 atom stereocenters. The van der Waals surface area contributed by atoms with Gasteiger partial charge in [-0.1, -0.05) is 42.8 Å². The highest BCUT2D eigenvalue weighted by Crippen LogP contribution is 2.27. The number of benzene rings is 2. The van der Waals surface area contributed by atoms with Gasteiger partial charge in [0.05, 0.1) is 0 Å². The van der Waals surface area contributed by atoms with Crippen molar-refractivity contribution in [2.45, 2.75) is 19.4 Å². The number of halogens is 3. The molecular weight excluding hydrogens is 388 g/mol. The van der Waals surface area contributed by atoms with Crippen molar-refractivity contribution in [2.24, 2.45) is 0 Å². The fourth-order valence-corrected chi connectivity index (χ4v) is 3.27. The maximum Gasteiger partial charge on any atom is 0.124 e. The molecule has 1 nitrogen and oxygen atoms in total. The lowest BCUT2D eigenvalue weighted by Gasteiger charge is -2.20. The summed E-state index contributed by atoms with van der Waals surface area (Å²) in [6, 6.07) is 12.9. The molecule has 0 heterocycles. The van der Waals surface area contributed by atoms with Gasteiger partial charge in [-0.15, -0.1) is 0 Å². The van der Waals surface area contributed by atoms with E-state index in [-0.39, 0.29) is 11.9 Å². The van der Waals surface area contributed by atoms with Gasteiger partial charge in [0.2, 0.25) is 0 Å². The van der Waals surface area contributed by atoms with Crippen LogP contribution in [-0.2, 0) is 6.42 Å². The molecule has 1 unspecified atom stereocenters. The minimum absolute atomic E-state index is 0.132. The van der Waals surface area contributed by atoms with Crippen LogP contribution < -0.4 is 5.32 Å². The smallest absolute Gasteiger partial charge is 0.124 e. The third kappa shape index (κ3) is 3.93. The average Bonchev–Trinajstić information content (AvgIpc) is 2.41. The Hall–Kier alpha value is -0.650. The van der Waals surface area contributed by atoms with Crippen LogP contribution in [-0.4, -0.2) is 6.54 Å². The number of hydrogen-bond acceptors (Lipinski definition) is 1. The summed E-state index contributed by atoms with van der Waals surface area (Å²) in [7, 11) is 0. The third-order valence-corrected chi connectivity index (χ3v) is 4.47. The topological polar surface area (TPSA) is 12.0 Å². The Balaban J connectivity index is 2.29. The van der Waals surface area contributed by atoms with Crippen LogP contribution >= 0.6 is 34.2 Å². The van der Waals surface area contributed by atoms with Gasteiger partial charge in [-0.25, -0.2) is 4.39 Å². The standard InChI is InChI=1S/C16H16ClFIN/c1-2-20-16(9-11-5-3-4-6-14(11)17)13-8-7-12(18)10-15(13)19/h3-8,10,16,20H,2,9H2,1H3. The van der Waals surface area contributed by atoms with Gasteiger partial charge < -0.3 is 5.32 Å². The number of hydrogen-bond donors (Lipinski definition) is 1. The molecule has 0 saturated heterocycles. The molecule has 2 aromatic carbocycles. The lowest BCUT2D eigenvalue weighted by Crippen LogP contribution is -2.24. The maximum absolute atomic E-state index is 13.2. The second kappa shape index (κ2) is 7.38. The second-order valence-electron chi connectivity index (χ2n) is 4.57. The van der Waals surface area contributed by atoms with Gasteiger partial charge in [-0.3, -0.25) is 0 Å². The highest BCUT2D eigenvalue weighted by molar-refractivity contribution is 14.1. The van der Waals surface area contributed by atoms with Crippen molar-refractivity contribution in [3.8, 4) is 0 Å². The van der Waals surface area contributed by atoms with Crippen LogP contribution in [0.4, 0.5) is 4.39 Å². The minimum Gasteiger partial charge on any atom is -0.310 e. The van der Waals surface area contributed by atoms with Crippen LogP contribution in [0.3, 0.4) is 0 Å². The van der Waals surface area contributed by atoms with Gasteiger partial charge in [0, 0.05) is 14.6 Å². The third-order valence-electron chi connectivity index (χ3n) is 3.17. The zero-order valence-corrected chi connectivity index (χ0v) is 14.1. The molecule has 0 aliphatic rings. The molecule has 106 valence electrons. The summed E-state index contributed by atoms with van der Waals surface area (Å²) in [5.41, 5.74) is 2.20. The van der Waals surface area contributed by atoms with Gasteiger partial charge in [0.1, 0.15) is 5.82 Å². The zero-order chi connectivity index (χ0) is 14.5. The molecule has 0 radical (unpaired) electrons. The van der Waals surface area contributed by atoms with Crippen LogP contribution in [0.5, 0.6) is 0 Å². The second-order valence-corrected chi connectivity index (χ2v) is 6.14. The largest absolute Gasteiger partial charge is 0.310 e. The van der Waals surface area contributed by atoms with Crippen molar-refractivity contribution in [1.29, 1.82) is 0 Å². The fraction of sp³-hybridized carbons (Fsp3) is 0.250. The first-order chi connectivity index (χ1) is 9.61. The molecule has 20 heavy (non-hydrogen) atoms. The van der Waals surface area contributed by atoms with E-state index in [0.717, 1.165) is 32.7 Å². The van der Waals surface area contributed by atoms with E-state index in [1.54, 1.807) is 6.07 Å². The highest BCUT2D eigenvalue weighted by Gasteiger charge is 2.16. The first-order valence-electron chi connectivity index (χ1n) is 6.53. The van der Waals surface area contributed by atoms with E-state index in [1.165, 1.54) is 6.07 Å². The minimum atomic E-state index is -0.203. The van der Waals surface area contributed by atoms with E-state index in [0.29, 0.717) is 0 Å². The number of likely N-dealkylation sites (N-methyl/N-ethyl adjacent to an activating group) is 1. The Bertz CT molecular complexity index is 588. The Kier molecular flexibility index (Phi) is 5.81. The van der Waals surface area contributed by atoms with Crippen molar-refractivity contribution in [2.75, 3.05) is 6.54 Å². The van der Waals surface area contributed by atoms with Crippen molar-refractivity contribution in [1.82, 2.24) is 5.32 Å². The van der Waals surface area contributed by atoms with Gasteiger partial charge in [-0.05, 0) is 64.9 Å². The molecule has 0 amide bonds. The van der Waals surface area contributed by atoms with Crippen molar-refractivity contribution in [3.63, 3.8) is 0 Å². The van der Waals surface area contributed by atoms with Gasteiger partial charge in [0.25, 0.3) is 0 Å². The van der Waals surface area contributed by atoms with Crippen LogP contribution in [0.1, 0.15) is 24.1 Å². The molecular formula is C16H16ClFIN. The summed E-state index contributed by atoms with van der Waals surface area (Å²) in [4.78, 5) is 0. The number of nitrogens with one attached hydrogen (secondary N) is 1. The summed E-state index contributed by atoms with van der Waals surface area (Å²) in [5, 5.41) is 4.22. The van der Waals surface area contributed by atoms with Gasteiger partial charge >= 0.3 is 0 Å². The normalized spacial score (nSPS) is 12.4. The predicted octanol–water partition coefficient (Wildman–Crippen LogP) is 4.98. The SMILES string of the molecule is CCNC(Cc1ccccc1Cl)c1ccc(F)cc1I. The Morgan fingerprint density at radius 3 is 2.65 bits per heavy atom. The van der Waals surface area contributed by atoms with Crippen LogP contribution in [0, 0.1) is 9.39 Å². The number of rotatable bonds is 5. The first kappa shape index (κ1) is 15.7. The fourth-order valence-electron chi connectivity index (χ4n) is 2.21. The van der Waals surface area contributed by atoms with Gasteiger partial charge in [-0.2, -0.15) is 0 Å². The molecule has 0 aromatic heterocycles. The van der Waals surface area contributed by atoms with Crippen molar-refractivity contribution < 1.29 is 4.39 Å². The molecule has 0 spiro atoms. The monoisotopic (exact) mass is 403 g/mol. The lowest BCUT2D eigenvalue weighted by atomic mass is 9.98.